The SMILES string of the molecule is CC(=O)NC(C)C(=O)Nc1ccc2nc(C)sc2c1. The molecule has 0 bridgehead atoms. The van der Waals surface area contributed by atoms with Gasteiger partial charge in [0.1, 0.15) is 6.04 Å². The van der Waals surface area contributed by atoms with Crippen LogP contribution in [0.1, 0.15) is 18.9 Å². The number of benzene rings is 1. The number of rotatable bonds is 3. The molecule has 0 fully saturated rings. The Bertz CT molecular complexity index is 636. The lowest BCUT2D eigenvalue weighted by molar-refractivity contribution is -0.124. The number of nitrogens with zero attached hydrogens (tertiary/aromatic N) is 1. The molecule has 2 aromatic rings. The minimum atomic E-state index is -0.559. The molecule has 6 heteroatoms. The van der Waals surface area contributed by atoms with E-state index < -0.39 is 6.04 Å². The number of carbonyl (C=O) groups is 2. The minimum Gasteiger partial charge on any atom is -0.345 e. The molecule has 5 nitrogen and oxygen atoms in total. The molecule has 0 aliphatic rings. The van der Waals surface area contributed by atoms with Crippen LogP contribution in [0.2, 0.25) is 0 Å². The van der Waals surface area contributed by atoms with Gasteiger partial charge in [-0.25, -0.2) is 4.98 Å². The van der Waals surface area contributed by atoms with Crippen molar-refractivity contribution in [2.45, 2.75) is 26.8 Å². The molecule has 1 aromatic carbocycles. The van der Waals surface area contributed by atoms with Crippen LogP contribution in [0, 0.1) is 6.92 Å². The van der Waals surface area contributed by atoms with Gasteiger partial charge in [0.15, 0.2) is 0 Å². The summed E-state index contributed by atoms with van der Waals surface area (Å²) in [7, 11) is 0. The van der Waals surface area contributed by atoms with Crippen LogP contribution in [-0.4, -0.2) is 22.8 Å². The standard InChI is InChI=1S/C13H15N3O2S/c1-7(14-8(2)17)13(18)16-10-4-5-11-12(6-10)19-9(3)15-11/h4-7H,1-3H3,(H,14,17)(H,16,18). The highest BCUT2D eigenvalue weighted by Gasteiger charge is 2.14. The molecule has 0 saturated carbocycles. The zero-order valence-electron chi connectivity index (χ0n) is 11.0. The van der Waals surface area contributed by atoms with E-state index in [2.05, 4.69) is 15.6 Å². The van der Waals surface area contributed by atoms with Gasteiger partial charge in [-0.15, -0.1) is 11.3 Å². The molecule has 2 rings (SSSR count). The van der Waals surface area contributed by atoms with E-state index in [1.54, 1.807) is 24.3 Å². The Morgan fingerprint density at radius 3 is 2.79 bits per heavy atom. The van der Waals surface area contributed by atoms with E-state index in [-0.39, 0.29) is 11.8 Å². The van der Waals surface area contributed by atoms with Gasteiger partial charge in [0.05, 0.1) is 15.2 Å². The molecule has 1 heterocycles. The Hall–Kier alpha value is -1.95. The van der Waals surface area contributed by atoms with E-state index in [1.165, 1.54) is 6.92 Å². The van der Waals surface area contributed by atoms with Crippen molar-refractivity contribution in [3.05, 3.63) is 23.2 Å². The summed E-state index contributed by atoms with van der Waals surface area (Å²) in [5, 5.41) is 6.31. The van der Waals surface area contributed by atoms with Crippen molar-refractivity contribution in [3.8, 4) is 0 Å². The molecule has 2 N–H and O–H groups in total. The maximum atomic E-state index is 11.9. The lowest BCUT2D eigenvalue weighted by Gasteiger charge is -2.12. The van der Waals surface area contributed by atoms with Gasteiger partial charge in [-0.1, -0.05) is 0 Å². The lowest BCUT2D eigenvalue weighted by Crippen LogP contribution is -2.40. The van der Waals surface area contributed by atoms with Crippen LogP contribution in [0.25, 0.3) is 10.2 Å². The van der Waals surface area contributed by atoms with Crippen LogP contribution in [-0.2, 0) is 9.59 Å². The van der Waals surface area contributed by atoms with Crippen LogP contribution in [0.3, 0.4) is 0 Å². The Kier molecular flexibility index (Phi) is 3.80. The third-order valence-corrected chi connectivity index (χ3v) is 3.51. The summed E-state index contributed by atoms with van der Waals surface area (Å²) in [4.78, 5) is 27.1. The number of amides is 2. The first kappa shape index (κ1) is 13.5. The van der Waals surface area contributed by atoms with E-state index >= 15 is 0 Å². The Morgan fingerprint density at radius 1 is 1.37 bits per heavy atom. The van der Waals surface area contributed by atoms with Crippen molar-refractivity contribution in [3.63, 3.8) is 0 Å². The first-order chi connectivity index (χ1) is 8.95. The van der Waals surface area contributed by atoms with Crippen molar-refractivity contribution in [1.82, 2.24) is 10.3 Å². The van der Waals surface area contributed by atoms with Gasteiger partial charge >= 0.3 is 0 Å². The van der Waals surface area contributed by atoms with Gasteiger partial charge in [-0.05, 0) is 32.0 Å². The predicted octanol–water partition coefficient (Wildman–Crippen LogP) is 2.07. The molecule has 0 aliphatic heterocycles. The maximum Gasteiger partial charge on any atom is 0.246 e. The molecule has 2 amide bonds. The molecule has 100 valence electrons. The number of hydrogen-bond donors (Lipinski definition) is 2. The van der Waals surface area contributed by atoms with Crippen LogP contribution in [0.4, 0.5) is 5.69 Å². The fourth-order valence-corrected chi connectivity index (χ4v) is 2.60. The number of aryl methyl sites for hydroxylation is 1. The summed E-state index contributed by atoms with van der Waals surface area (Å²) in [6.07, 6.45) is 0. The zero-order valence-corrected chi connectivity index (χ0v) is 11.8. The van der Waals surface area contributed by atoms with Gasteiger partial charge in [0.2, 0.25) is 11.8 Å². The van der Waals surface area contributed by atoms with Crippen molar-refractivity contribution in [2.75, 3.05) is 5.32 Å². The second-order valence-electron chi connectivity index (χ2n) is 4.33. The molecule has 1 unspecified atom stereocenters. The number of nitrogens with one attached hydrogen (secondary N) is 2. The van der Waals surface area contributed by atoms with Crippen LogP contribution >= 0.6 is 11.3 Å². The van der Waals surface area contributed by atoms with Crippen molar-refractivity contribution in [1.29, 1.82) is 0 Å². The molecule has 19 heavy (non-hydrogen) atoms. The highest BCUT2D eigenvalue weighted by atomic mass is 32.1. The Labute approximate surface area is 115 Å². The van der Waals surface area contributed by atoms with Crippen molar-refractivity contribution < 1.29 is 9.59 Å². The first-order valence-electron chi connectivity index (χ1n) is 5.91. The summed E-state index contributed by atoms with van der Waals surface area (Å²) in [5.74, 6) is -0.466. The zero-order chi connectivity index (χ0) is 14.0. The molecule has 0 spiro atoms. The van der Waals surface area contributed by atoms with E-state index in [9.17, 15) is 9.59 Å². The second-order valence-corrected chi connectivity index (χ2v) is 5.56. The van der Waals surface area contributed by atoms with Gasteiger partial charge in [0, 0.05) is 12.6 Å². The summed E-state index contributed by atoms with van der Waals surface area (Å²) >= 11 is 1.58. The van der Waals surface area contributed by atoms with Gasteiger partial charge in [-0.2, -0.15) is 0 Å². The summed E-state index contributed by atoms with van der Waals surface area (Å²) in [6.45, 7) is 4.98. The topological polar surface area (TPSA) is 71.1 Å². The quantitative estimate of drug-likeness (QED) is 0.902. The number of thiazole rings is 1. The Morgan fingerprint density at radius 2 is 2.11 bits per heavy atom. The van der Waals surface area contributed by atoms with Crippen molar-refractivity contribution in [2.24, 2.45) is 0 Å². The first-order valence-corrected chi connectivity index (χ1v) is 6.72. The molecular formula is C13H15N3O2S. The van der Waals surface area contributed by atoms with Gasteiger partial charge in [-0.3, -0.25) is 9.59 Å². The van der Waals surface area contributed by atoms with Crippen LogP contribution in [0.15, 0.2) is 18.2 Å². The summed E-state index contributed by atoms with van der Waals surface area (Å²) < 4.78 is 1.03. The predicted molar refractivity (Wildman–Crippen MR) is 76.3 cm³/mol. The molecular weight excluding hydrogens is 262 g/mol. The largest absolute Gasteiger partial charge is 0.345 e. The second kappa shape index (κ2) is 5.36. The van der Waals surface area contributed by atoms with E-state index in [1.807, 2.05) is 19.1 Å². The van der Waals surface area contributed by atoms with Gasteiger partial charge in [0.25, 0.3) is 0 Å². The minimum absolute atomic E-state index is 0.226. The van der Waals surface area contributed by atoms with E-state index in [0.29, 0.717) is 5.69 Å². The van der Waals surface area contributed by atoms with E-state index in [4.69, 9.17) is 0 Å². The third-order valence-electron chi connectivity index (χ3n) is 2.58. The molecule has 0 radical (unpaired) electrons. The molecule has 1 atom stereocenters. The molecule has 0 aliphatic carbocycles. The van der Waals surface area contributed by atoms with Crippen molar-refractivity contribution >= 4 is 39.1 Å². The van der Waals surface area contributed by atoms with Crippen LogP contribution < -0.4 is 10.6 Å². The molecule has 0 saturated heterocycles. The highest BCUT2D eigenvalue weighted by Crippen LogP contribution is 2.24. The van der Waals surface area contributed by atoms with Crippen LogP contribution in [0.5, 0.6) is 0 Å². The van der Waals surface area contributed by atoms with Gasteiger partial charge < -0.3 is 10.6 Å². The average Bonchev–Trinajstić information content (AvgIpc) is 2.67. The Balaban J connectivity index is 2.12. The summed E-state index contributed by atoms with van der Waals surface area (Å²) in [6, 6.07) is 5.01. The fourth-order valence-electron chi connectivity index (χ4n) is 1.74. The number of carbonyl (C=O) groups excluding carboxylic acids is 2. The monoisotopic (exact) mass is 277 g/mol. The number of fused-ring (bicyclic) bond motifs is 1. The highest BCUT2D eigenvalue weighted by molar-refractivity contribution is 7.18. The average molecular weight is 277 g/mol. The summed E-state index contributed by atoms with van der Waals surface area (Å²) in [5.41, 5.74) is 1.63. The number of hydrogen-bond acceptors (Lipinski definition) is 4. The maximum absolute atomic E-state index is 11.9. The number of anilines is 1. The molecule has 1 aromatic heterocycles. The van der Waals surface area contributed by atoms with E-state index in [0.717, 1.165) is 15.2 Å². The normalized spacial score (nSPS) is 12.2. The number of aromatic nitrogens is 1. The third kappa shape index (κ3) is 3.29. The lowest BCUT2D eigenvalue weighted by atomic mass is 10.2. The fraction of sp³-hybridized carbons (Fsp3) is 0.308. The smallest absolute Gasteiger partial charge is 0.246 e.